The lowest BCUT2D eigenvalue weighted by molar-refractivity contribution is -0.114. The lowest BCUT2D eigenvalue weighted by Gasteiger charge is -2.16. The number of benzene rings is 3. The highest BCUT2D eigenvalue weighted by Gasteiger charge is 2.26. The molecule has 0 atom stereocenters. The second kappa shape index (κ2) is 11.5. The van der Waals surface area contributed by atoms with Crippen LogP contribution in [0, 0.1) is 11.3 Å². The van der Waals surface area contributed by atoms with Gasteiger partial charge in [0, 0.05) is 23.7 Å². The summed E-state index contributed by atoms with van der Waals surface area (Å²) in [5.74, 6) is 1.55. The fraction of sp³-hybridized carbons (Fsp3) is 0.214. The Hall–Kier alpha value is -3.95. The summed E-state index contributed by atoms with van der Waals surface area (Å²) in [4.78, 5) is 14.7. The number of nitriles is 1. The van der Waals surface area contributed by atoms with Gasteiger partial charge in [0.1, 0.15) is 17.4 Å². The summed E-state index contributed by atoms with van der Waals surface area (Å²) >= 11 is 5.88. The van der Waals surface area contributed by atoms with Gasteiger partial charge >= 0.3 is 0 Å². The highest BCUT2D eigenvalue weighted by atomic mass is 35.5. The average molecular weight is 489 g/mol. The van der Waals surface area contributed by atoms with Crippen molar-refractivity contribution in [2.45, 2.75) is 12.8 Å². The Morgan fingerprint density at radius 2 is 1.83 bits per heavy atom. The Morgan fingerprint density at radius 1 is 1.06 bits per heavy atom. The first-order valence-corrected chi connectivity index (χ1v) is 11.7. The van der Waals surface area contributed by atoms with E-state index in [-0.39, 0.29) is 11.5 Å². The Balaban J connectivity index is 1.37. The first-order valence-electron chi connectivity index (χ1n) is 11.3. The molecule has 3 aromatic rings. The van der Waals surface area contributed by atoms with E-state index in [1.165, 1.54) is 0 Å². The van der Waals surface area contributed by atoms with Crippen LogP contribution in [0.1, 0.15) is 17.5 Å². The van der Waals surface area contributed by atoms with Crippen molar-refractivity contribution in [2.24, 2.45) is 0 Å². The number of hydrogen-bond acceptors (Lipinski definition) is 5. The summed E-state index contributed by atoms with van der Waals surface area (Å²) in [6.45, 7) is 1.50. The van der Waals surface area contributed by atoms with Gasteiger partial charge in [-0.2, -0.15) is 5.26 Å². The van der Waals surface area contributed by atoms with Gasteiger partial charge in [-0.3, -0.25) is 4.79 Å². The number of ether oxygens (including phenoxy) is 3. The lowest BCUT2D eigenvalue weighted by Crippen LogP contribution is -2.29. The number of nitrogens with zero attached hydrogens (tertiary/aromatic N) is 2. The maximum atomic E-state index is 13.0. The van der Waals surface area contributed by atoms with E-state index in [0.717, 1.165) is 23.4 Å². The molecule has 1 amide bonds. The van der Waals surface area contributed by atoms with Crippen molar-refractivity contribution in [1.82, 2.24) is 0 Å². The van der Waals surface area contributed by atoms with E-state index in [4.69, 9.17) is 25.8 Å². The third-order valence-electron chi connectivity index (χ3n) is 5.61. The number of fused-ring (bicyclic) bond motifs is 1. The van der Waals surface area contributed by atoms with Crippen LogP contribution >= 0.6 is 11.6 Å². The Labute approximate surface area is 209 Å². The van der Waals surface area contributed by atoms with E-state index >= 15 is 0 Å². The van der Waals surface area contributed by atoms with Crippen molar-refractivity contribution in [1.29, 1.82) is 5.26 Å². The van der Waals surface area contributed by atoms with Gasteiger partial charge in [-0.15, -0.1) is 0 Å². The third kappa shape index (κ3) is 5.95. The van der Waals surface area contributed by atoms with E-state index in [1.54, 1.807) is 48.4 Å². The molecule has 0 aliphatic carbocycles. The molecule has 4 rings (SSSR count). The van der Waals surface area contributed by atoms with E-state index in [0.29, 0.717) is 48.3 Å². The maximum absolute atomic E-state index is 13.0. The smallest absolute Gasteiger partial charge is 0.268 e. The second-order valence-corrected chi connectivity index (χ2v) is 8.36. The van der Waals surface area contributed by atoms with Crippen LogP contribution in [0.15, 0.2) is 72.3 Å². The molecule has 35 heavy (non-hydrogen) atoms. The highest BCUT2D eigenvalue weighted by molar-refractivity contribution is 6.30. The van der Waals surface area contributed by atoms with Crippen LogP contribution in [0.2, 0.25) is 5.02 Å². The van der Waals surface area contributed by atoms with Gasteiger partial charge in [-0.1, -0.05) is 35.9 Å². The number of hydrogen-bond donors (Lipinski definition) is 0. The van der Waals surface area contributed by atoms with Gasteiger partial charge in [0.05, 0.1) is 20.3 Å². The molecule has 178 valence electrons. The molecule has 1 heterocycles. The van der Waals surface area contributed by atoms with Crippen LogP contribution in [0.4, 0.5) is 5.69 Å². The molecule has 0 saturated heterocycles. The minimum atomic E-state index is -0.308. The number of amides is 1. The summed E-state index contributed by atoms with van der Waals surface area (Å²) in [6, 6.07) is 22.3. The predicted molar refractivity (Wildman–Crippen MR) is 136 cm³/mol. The molecule has 0 N–H and O–H groups in total. The van der Waals surface area contributed by atoms with Crippen LogP contribution in [0.25, 0.3) is 6.08 Å². The molecular formula is C28H25ClN2O4. The molecule has 0 radical (unpaired) electrons. The molecule has 0 unspecified atom stereocenters. The maximum Gasteiger partial charge on any atom is 0.268 e. The number of methoxy groups -OCH3 is 1. The Bertz CT molecular complexity index is 1260. The Morgan fingerprint density at radius 3 is 2.60 bits per heavy atom. The number of anilines is 1. The van der Waals surface area contributed by atoms with Gasteiger partial charge in [0.2, 0.25) is 0 Å². The SMILES string of the molecule is COc1cc(C=C(C#N)C(=O)N2CCc3ccccc32)ccc1OCCCOc1ccc(Cl)cc1. The van der Waals surface area contributed by atoms with Crippen molar-refractivity contribution in [3.8, 4) is 23.3 Å². The van der Waals surface area contributed by atoms with E-state index in [9.17, 15) is 10.1 Å². The highest BCUT2D eigenvalue weighted by Crippen LogP contribution is 2.31. The predicted octanol–water partition coefficient (Wildman–Crippen LogP) is 5.69. The minimum absolute atomic E-state index is 0.0665. The average Bonchev–Trinajstić information content (AvgIpc) is 3.32. The Kier molecular flexibility index (Phi) is 7.92. The molecule has 0 saturated carbocycles. The molecule has 0 spiro atoms. The fourth-order valence-electron chi connectivity index (χ4n) is 3.86. The molecule has 3 aromatic carbocycles. The van der Waals surface area contributed by atoms with Crippen LogP contribution in [0.3, 0.4) is 0 Å². The third-order valence-corrected chi connectivity index (χ3v) is 5.86. The second-order valence-electron chi connectivity index (χ2n) is 7.92. The number of carbonyl (C=O) groups is 1. The zero-order chi connectivity index (χ0) is 24.6. The summed E-state index contributed by atoms with van der Waals surface area (Å²) in [7, 11) is 1.55. The van der Waals surface area contributed by atoms with E-state index in [2.05, 4.69) is 6.07 Å². The van der Waals surface area contributed by atoms with Crippen molar-refractivity contribution in [3.63, 3.8) is 0 Å². The van der Waals surface area contributed by atoms with Gasteiger partial charge in [-0.05, 0) is 66.1 Å². The molecule has 7 heteroatoms. The summed E-state index contributed by atoms with van der Waals surface area (Å²) in [6.07, 6.45) is 3.04. The summed E-state index contributed by atoms with van der Waals surface area (Å²) in [5, 5.41) is 10.3. The van der Waals surface area contributed by atoms with Crippen LogP contribution < -0.4 is 19.1 Å². The largest absolute Gasteiger partial charge is 0.493 e. The van der Waals surface area contributed by atoms with Crippen molar-refractivity contribution in [2.75, 3.05) is 31.8 Å². The van der Waals surface area contributed by atoms with E-state index in [1.807, 2.05) is 36.4 Å². The number of rotatable bonds is 9. The summed E-state index contributed by atoms with van der Waals surface area (Å²) in [5.41, 5.74) is 2.72. The van der Waals surface area contributed by atoms with Gasteiger partial charge in [0.25, 0.3) is 5.91 Å². The molecule has 1 aliphatic heterocycles. The lowest BCUT2D eigenvalue weighted by atomic mass is 10.1. The first-order chi connectivity index (χ1) is 17.1. The number of para-hydroxylation sites is 1. The normalized spacial score (nSPS) is 12.6. The first kappa shape index (κ1) is 24.2. The number of halogens is 1. The van der Waals surface area contributed by atoms with Crippen LogP contribution in [-0.2, 0) is 11.2 Å². The topological polar surface area (TPSA) is 71.8 Å². The minimum Gasteiger partial charge on any atom is -0.493 e. The summed E-state index contributed by atoms with van der Waals surface area (Å²) < 4.78 is 17.0. The number of carbonyl (C=O) groups excluding carboxylic acids is 1. The van der Waals surface area contributed by atoms with Gasteiger partial charge < -0.3 is 19.1 Å². The van der Waals surface area contributed by atoms with Gasteiger partial charge in [-0.25, -0.2) is 0 Å². The molecular weight excluding hydrogens is 464 g/mol. The van der Waals surface area contributed by atoms with Crippen molar-refractivity contribution < 1.29 is 19.0 Å². The quantitative estimate of drug-likeness (QED) is 0.220. The van der Waals surface area contributed by atoms with Crippen LogP contribution in [0.5, 0.6) is 17.2 Å². The zero-order valence-electron chi connectivity index (χ0n) is 19.4. The molecule has 0 fully saturated rings. The monoisotopic (exact) mass is 488 g/mol. The molecule has 6 nitrogen and oxygen atoms in total. The van der Waals surface area contributed by atoms with Gasteiger partial charge in [0.15, 0.2) is 11.5 Å². The molecule has 0 aromatic heterocycles. The molecule has 1 aliphatic rings. The molecule has 0 bridgehead atoms. The zero-order valence-corrected chi connectivity index (χ0v) is 20.1. The van der Waals surface area contributed by atoms with Crippen molar-refractivity contribution in [3.05, 3.63) is 88.5 Å². The standard InChI is InChI=1S/C28H25ClN2O4/c1-33-27-18-20(7-12-26(27)35-16-4-15-34-24-10-8-23(29)9-11-24)17-22(19-30)28(32)31-14-13-21-5-2-3-6-25(21)31/h2-3,5-12,17-18H,4,13-16H2,1H3. The van der Waals surface area contributed by atoms with Crippen LogP contribution in [-0.4, -0.2) is 32.8 Å². The fourth-order valence-corrected chi connectivity index (χ4v) is 3.98. The van der Waals surface area contributed by atoms with Crippen molar-refractivity contribution >= 4 is 29.3 Å². The van der Waals surface area contributed by atoms with E-state index < -0.39 is 0 Å².